The Kier molecular flexibility index (Phi) is 4.41. The summed E-state index contributed by atoms with van der Waals surface area (Å²) in [5, 5.41) is 8.13. The summed E-state index contributed by atoms with van der Waals surface area (Å²) in [6, 6.07) is 2.37. The first-order valence-electron chi connectivity index (χ1n) is 8.24. The van der Waals surface area contributed by atoms with Gasteiger partial charge in [0, 0.05) is 30.9 Å². The lowest BCUT2D eigenvalue weighted by Crippen LogP contribution is -2.50. The lowest BCUT2D eigenvalue weighted by Gasteiger charge is -2.39. The second-order valence-electron chi connectivity index (χ2n) is 6.53. The van der Waals surface area contributed by atoms with Gasteiger partial charge in [0.25, 0.3) is 0 Å². The molecule has 2 aliphatic rings. The van der Waals surface area contributed by atoms with Crippen molar-refractivity contribution in [2.24, 2.45) is 0 Å². The molecular weight excluding hydrogens is 248 g/mol. The van der Waals surface area contributed by atoms with Crippen LogP contribution in [0.5, 0.6) is 0 Å². The molecule has 0 amide bonds. The molecule has 0 spiro atoms. The van der Waals surface area contributed by atoms with Crippen molar-refractivity contribution in [1.29, 1.82) is 0 Å². The molecule has 2 bridgehead atoms. The molecule has 3 rings (SSSR count). The molecule has 4 heteroatoms. The van der Waals surface area contributed by atoms with Crippen LogP contribution in [-0.2, 0) is 6.54 Å². The van der Waals surface area contributed by atoms with Gasteiger partial charge in [-0.15, -0.1) is 0 Å². The van der Waals surface area contributed by atoms with Crippen molar-refractivity contribution >= 4 is 0 Å². The zero-order chi connectivity index (χ0) is 13.9. The van der Waals surface area contributed by atoms with Crippen LogP contribution in [0.15, 0.2) is 12.4 Å². The number of aryl methyl sites for hydroxylation is 1. The van der Waals surface area contributed by atoms with Gasteiger partial charge in [-0.25, -0.2) is 0 Å². The highest BCUT2D eigenvalue weighted by Crippen LogP contribution is 2.35. The van der Waals surface area contributed by atoms with Crippen LogP contribution in [0.1, 0.15) is 44.6 Å². The van der Waals surface area contributed by atoms with Gasteiger partial charge in [0.1, 0.15) is 0 Å². The largest absolute Gasteiger partial charge is 0.314 e. The van der Waals surface area contributed by atoms with Crippen molar-refractivity contribution in [3.8, 4) is 0 Å². The Morgan fingerprint density at radius 2 is 2.00 bits per heavy atom. The van der Waals surface area contributed by atoms with Gasteiger partial charge in [0.2, 0.25) is 0 Å². The summed E-state index contributed by atoms with van der Waals surface area (Å²) in [6.07, 6.45) is 10.8. The summed E-state index contributed by atoms with van der Waals surface area (Å²) in [5.41, 5.74) is 1.26. The van der Waals surface area contributed by atoms with Crippen LogP contribution in [0, 0.1) is 6.92 Å². The number of hydrogen-bond donors (Lipinski definition) is 1. The van der Waals surface area contributed by atoms with E-state index in [-0.39, 0.29) is 0 Å². The van der Waals surface area contributed by atoms with Crippen LogP contribution in [0.4, 0.5) is 0 Å². The summed E-state index contributed by atoms with van der Waals surface area (Å²) >= 11 is 0. The summed E-state index contributed by atoms with van der Waals surface area (Å²) in [6.45, 7) is 7.74. The van der Waals surface area contributed by atoms with Gasteiger partial charge in [0.15, 0.2) is 0 Å². The fourth-order valence-corrected chi connectivity index (χ4v) is 3.96. The van der Waals surface area contributed by atoms with E-state index in [4.69, 9.17) is 0 Å². The first kappa shape index (κ1) is 14.1. The Hall–Kier alpha value is -0.870. The molecule has 1 aromatic heterocycles. The van der Waals surface area contributed by atoms with Gasteiger partial charge in [-0.2, -0.15) is 5.10 Å². The lowest BCUT2D eigenvalue weighted by atomic mass is 9.97. The number of fused-ring (bicyclic) bond motifs is 2. The molecule has 0 saturated carbocycles. The summed E-state index contributed by atoms with van der Waals surface area (Å²) in [4.78, 5) is 2.75. The normalized spacial score (nSPS) is 30.0. The molecule has 2 fully saturated rings. The molecule has 2 aliphatic heterocycles. The molecule has 20 heavy (non-hydrogen) atoms. The zero-order valence-electron chi connectivity index (χ0n) is 12.9. The molecule has 0 aromatic carbocycles. The molecule has 1 aromatic rings. The van der Waals surface area contributed by atoms with E-state index >= 15 is 0 Å². The first-order valence-corrected chi connectivity index (χ1v) is 8.24. The molecular formula is C16H28N4. The Labute approximate surface area is 122 Å². The van der Waals surface area contributed by atoms with Crippen LogP contribution in [0.2, 0.25) is 0 Å². The van der Waals surface area contributed by atoms with Crippen LogP contribution in [-0.4, -0.2) is 45.9 Å². The second kappa shape index (κ2) is 6.27. The van der Waals surface area contributed by atoms with Gasteiger partial charge in [-0.3, -0.25) is 9.58 Å². The molecule has 0 aliphatic carbocycles. The fourth-order valence-electron chi connectivity index (χ4n) is 3.96. The summed E-state index contributed by atoms with van der Waals surface area (Å²) < 4.78 is 2.09. The number of nitrogens with one attached hydrogen (secondary N) is 1. The molecule has 3 heterocycles. The van der Waals surface area contributed by atoms with Gasteiger partial charge < -0.3 is 5.32 Å². The average Bonchev–Trinajstić information content (AvgIpc) is 2.95. The van der Waals surface area contributed by atoms with Crippen molar-refractivity contribution in [1.82, 2.24) is 20.0 Å². The van der Waals surface area contributed by atoms with Gasteiger partial charge in [-0.05, 0) is 51.1 Å². The van der Waals surface area contributed by atoms with E-state index in [1.807, 2.05) is 6.20 Å². The molecule has 1 N–H and O–H groups in total. The van der Waals surface area contributed by atoms with Crippen LogP contribution in [0.3, 0.4) is 0 Å². The van der Waals surface area contributed by atoms with Crippen LogP contribution in [0.25, 0.3) is 0 Å². The molecule has 0 radical (unpaired) electrons. The second-order valence-corrected chi connectivity index (χ2v) is 6.53. The van der Waals surface area contributed by atoms with Crippen LogP contribution >= 0.6 is 0 Å². The summed E-state index contributed by atoms with van der Waals surface area (Å²) in [7, 11) is 0. The van der Waals surface area contributed by atoms with E-state index in [9.17, 15) is 0 Å². The van der Waals surface area contributed by atoms with Gasteiger partial charge in [-0.1, -0.05) is 6.92 Å². The van der Waals surface area contributed by atoms with Gasteiger partial charge >= 0.3 is 0 Å². The lowest BCUT2D eigenvalue weighted by molar-refractivity contribution is 0.111. The Morgan fingerprint density at radius 3 is 2.60 bits per heavy atom. The minimum absolute atomic E-state index is 0.760. The highest BCUT2D eigenvalue weighted by molar-refractivity contribution is 5.00. The maximum Gasteiger partial charge on any atom is 0.0536 e. The topological polar surface area (TPSA) is 33.1 Å². The highest BCUT2D eigenvalue weighted by Gasteiger charge is 2.39. The minimum Gasteiger partial charge on any atom is -0.314 e. The maximum absolute atomic E-state index is 4.40. The molecule has 2 unspecified atom stereocenters. The monoisotopic (exact) mass is 276 g/mol. The van der Waals surface area contributed by atoms with E-state index < -0.39 is 0 Å². The van der Waals surface area contributed by atoms with Crippen molar-refractivity contribution in [3.63, 3.8) is 0 Å². The Bertz CT molecular complexity index is 414. The zero-order valence-corrected chi connectivity index (χ0v) is 12.9. The smallest absolute Gasteiger partial charge is 0.0536 e. The summed E-state index contributed by atoms with van der Waals surface area (Å²) in [5.74, 6) is 0. The molecule has 2 saturated heterocycles. The van der Waals surface area contributed by atoms with Gasteiger partial charge in [0.05, 0.1) is 12.7 Å². The number of aromatic nitrogens is 2. The maximum atomic E-state index is 4.40. The first-order chi connectivity index (χ1) is 9.76. The number of piperidine rings is 1. The predicted molar refractivity (Wildman–Crippen MR) is 81.8 cm³/mol. The number of nitrogens with zero attached hydrogens (tertiary/aromatic N) is 3. The quantitative estimate of drug-likeness (QED) is 0.864. The molecule has 2 atom stereocenters. The van der Waals surface area contributed by atoms with E-state index in [0.29, 0.717) is 0 Å². The van der Waals surface area contributed by atoms with Crippen molar-refractivity contribution in [2.45, 2.75) is 70.6 Å². The third-order valence-corrected chi connectivity index (χ3v) is 4.92. The Balaban J connectivity index is 1.52. The fraction of sp³-hybridized carbons (Fsp3) is 0.812. The third kappa shape index (κ3) is 3.07. The third-order valence-electron chi connectivity index (χ3n) is 4.92. The predicted octanol–water partition coefficient (Wildman–Crippen LogP) is 2.19. The van der Waals surface area contributed by atoms with E-state index in [0.717, 1.165) is 31.2 Å². The number of rotatable bonds is 6. The minimum atomic E-state index is 0.760. The standard InChI is InChI=1S/C16H28N4/c1-3-6-17-14-9-15-4-5-16(10-14)20(15)8-7-19-12-13(2)11-18-19/h11-12,14-17H,3-10H2,1-2H3. The van der Waals surface area contributed by atoms with Crippen molar-refractivity contribution in [2.75, 3.05) is 13.1 Å². The number of hydrogen-bond acceptors (Lipinski definition) is 3. The van der Waals surface area contributed by atoms with E-state index in [1.54, 1.807) is 0 Å². The molecule has 4 nitrogen and oxygen atoms in total. The van der Waals surface area contributed by atoms with Crippen molar-refractivity contribution in [3.05, 3.63) is 18.0 Å². The SMILES string of the molecule is CCCNC1CC2CCC(C1)N2CCn1cc(C)cn1. The average molecular weight is 276 g/mol. The van der Waals surface area contributed by atoms with Crippen LogP contribution < -0.4 is 5.32 Å². The molecule has 112 valence electrons. The Morgan fingerprint density at radius 1 is 1.25 bits per heavy atom. The highest BCUT2D eigenvalue weighted by atomic mass is 15.3. The van der Waals surface area contributed by atoms with Crippen molar-refractivity contribution < 1.29 is 0 Å². The van der Waals surface area contributed by atoms with E-state index in [1.165, 1.54) is 44.2 Å². The van der Waals surface area contributed by atoms with E-state index in [2.05, 4.69) is 40.0 Å².